The van der Waals surface area contributed by atoms with E-state index in [-0.39, 0.29) is 11.8 Å². The van der Waals surface area contributed by atoms with Crippen molar-refractivity contribution in [2.45, 2.75) is 12.8 Å². The quantitative estimate of drug-likeness (QED) is 0.683. The lowest BCUT2D eigenvalue weighted by atomic mass is 10.4. The highest BCUT2D eigenvalue weighted by molar-refractivity contribution is 9.10. The Morgan fingerprint density at radius 1 is 1.26 bits per heavy atom. The number of carbonyl (C=O) groups excluding carboxylic acids is 2. The van der Waals surface area contributed by atoms with Gasteiger partial charge in [-0.05, 0) is 40.9 Å². The summed E-state index contributed by atoms with van der Waals surface area (Å²) in [5.74, 6) is -0.446. The Labute approximate surface area is 119 Å². The lowest BCUT2D eigenvalue weighted by Gasteiger charge is -2.11. The van der Waals surface area contributed by atoms with Crippen LogP contribution in [0.2, 0.25) is 0 Å². The molecule has 1 N–H and O–H groups in total. The molecule has 0 bridgehead atoms. The number of nitrogens with zero attached hydrogens (tertiary/aromatic N) is 2. The Balaban J connectivity index is 1.86. The number of amides is 2. The van der Waals surface area contributed by atoms with Gasteiger partial charge in [-0.15, -0.1) is 0 Å². The maximum Gasteiger partial charge on any atom is 0.248 e. The van der Waals surface area contributed by atoms with Crippen molar-refractivity contribution < 1.29 is 9.59 Å². The molecule has 2 heterocycles. The monoisotopic (exact) mass is 323 g/mol. The summed E-state index contributed by atoms with van der Waals surface area (Å²) >= 11 is 3.21. The maximum absolute atomic E-state index is 11.7. The molecule has 1 aliphatic rings. The molecule has 0 radical (unpaired) electrons. The molecule has 100 valence electrons. The summed E-state index contributed by atoms with van der Waals surface area (Å²) in [6.07, 6.45) is 6.18. The Kier molecular flexibility index (Phi) is 4.68. The van der Waals surface area contributed by atoms with E-state index in [1.807, 2.05) is 0 Å². The fourth-order valence-corrected chi connectivity index (χ4v) is 2.06. The van der Waals surface area contributed by atoms with Gasteiger partial charge in [0.15, 0.2) is 0 Å². The van der Waals surface area contributed by atoms with Crippen molar-refractivity contribution in [2.24, 2.45) is 0 Å². The molecule has 1 aromatic rings. The van der Waals surface area contributed by atoms with Crippen LogP contribution in [0, 0.1) is 0 Å². The summed E-state index contributed by atoms with van der Waals surface area (Å²) < 4.78 is 0.699. The van der Waals surface area contributed by atoms with Gasteiger partial charge in [-0.1, -0.05) is 0 Å². The van der Waals surface area contributed by atoms with Crippen LogP contribution >= 0.6 is 15.9 Å². The number of anilines is 1. The molecule has 0 aromatic carbocycles. The number of hydrogen-bond acceptors (Lipinski definition) is 3. The van der Waals surface area contributed by atoms with Crippen LogP contribution in [0.25, 0.3) is 0 Å². The molecule has 0 aliphatic carbocycles. The molecular weight excluding hydrogens is 310 g/mol. The number of pyridine rings is 1. The predicted octanol–water partition coefficient (Wildman–Crippen LogP) is 1.96. The van der Waals surface area contributed by atoms with Crippen molar-refractivity contribution in [3.8, 4) is 0 Å². The zero-order valence-electron chi connectivity index (χ0n) is 10.3. The van der Waals surface area contributed by atoms with E-state index in [9.17, 15) is 9.59 Å². The van der Waals surface area contributed by atoms with Gasteiger partial charge < -0.3 is 10.2 Å². The summed E-state index contributed by atoms with van der Waals surface area (Å²) in [5, 5.41) is 2.64. The van der Waals surface area contributed by atoms with Crippen molar-refractivity contribution in [1.29, 1.82) is 0 Å². The van der Waals surface area contributed by atoms with Gasteiger partial charge in [-0.25, -0.2) is 4.98 Å². The minimum absolute atomic E-state index is 0.110. The molecule has 2 amide bonds. The van der Waals surface area contributed by atoms with Gasteiger partial charge >= 0.3 is 0 Å². The van der Waals surface area contributed by atoms with E-state index in [0.717, 1.165) is 25.9 Å². The second-order valence-corrected chi connectivity index (χ2v) is 5.04. The topological polar surface area (TPSA) is 62.3 Å². The molecule has 2 rings (SSSR count). The van der Waals surface area contributed by atoms with Crippen molar-refractivity contribution in [3.05, 3.63) is 35.1 Å². The first-order valence-corrected chi connectivity index (χ1v) is 6.84. The Hall–Kier alpha value is -1.69. The van der Waals surface area contributed by atoms with E-state index >= 15 is 0 Å². The van der Waals surface area contributed by atoms with Gasteiger partial charge in [0.05, 0.1) is 11.9 Å². The zero-order chi connectivity index (χ0) is 13.7. The number of rotatable bonds is 3. The van der Waals surface area contributed by atoms with E-state index in [2.05, 4.69) is 26.2 Å². The number of likely N-dealkylation sites (tertiary alicyclic amines) is 1. The molecule has 6 heteroatoms. The smallest absolute Gasteiger partial charge is 0.248 e. The number of carbonyl (C=O) groups is 2. The molecule has 1 saturated heterocycles. The van der Waals surface area contributed by atoms with E-state index in [1.54, 1.807) is 17.0 Å². The van der Waals surface area contributed by atoms with Crippen LogP contribution < -0.4 is 5.32 Å². The summed E-state index contributed by atoms with van der Waals surface area (Å²) in [6, 6.07) is 3.46. The second kappa shape index (κ2) is 6.47. The van der Waals surface area contributed by atoms with Crippen LogP contribution in [0.1, 0.15) is 12.8 Å². The zero-order valence-corrected chi connectivity index (χ0v) is 11.9. The number of halogens is 1. The van der Waals surface area contributed by atoms with Gasteiger partial charge in [0.2, 0.25) is 11.8 Å². The fraction of sp³-hybridized carbons (Fsp3) is 0.308. The maximum atomic E-state index is 11.7. The second-order valence-electron chi connectivity index (χ2n) is 4.22. The molecule has 0 spiro atoms. The van der Waals surface area contributed by atoms with Crippen LogP contribution in [0.15, 0.2) is 35.1 Å². The Morgan fingerprint density at radius 3 is 2.63 bits per heavy atom. The third kappa shape index (κ3) is 4.17. The number of hydrogen-bond donors (Lipinski definition) is 1. The predicted molar refractivity (Wildman–Crippen MR) is 75.5 cm³/mol. The van der Waals surface area contributed by atoms with Crippen LogP contribution in [-0.2, 0) is 9.59 Å². The highest BCUT2D eigenvalue weighted by Crippen LogP contribution is 2.10. The SMILES string of the molecule is O=C(/C=C\C(=O)N1CCCC1)Nc1ccc(Br)nc1. The molecule has 0 atom stereocenters. The number of nitrogens with one attached hydrogen (secondary N) is 1. The Bertz CT molecular complexity index is 493. The average molecular weight is 324 g/mol. The first-order chi connectivity index (χ1) is 9.15. The molecule has 1 aliphatic heterocycles. The third-order valence-corrected chi connectivity index (χ3v) is 3.26. The largest absolute Gasteiger partial charge is 0.339 e. The van der Waals surface area contributed by atoms with Gasteiger partial charge in [0.25, 0.3) is 0 Å². The molecule has 5 nitrogen and oxygen atoms in total. The van der Waals surface area contributed by atoms with Gasteiger partial charge in [0.1, 0.15) is 4.60 Å². The van der Waals surface area contributed by atoms with E-state index in [0.29, 0.717) is 10.3 Å². The van der Waals surface area contributed by atoms with Crippen LogP contribution in [0.3, 0.4) is 0 Å². The lowest BCUT2D eigenvalue weighted by molar-refractivity contribution is -0.125. The van der Waals surface area contributed by atoms with Gasteiger partial charge in [0, 0.05) is 25.2 Å². The van der Waals surface area contributed by atoms with Gasteiger partial charge in [-0.3, -0.25) is 9.59 Å². The molecular formula is C13H14BrN3O2. The van der Waals surface area contributed by atoms with Crippen LogP contribution in [0.5, 0.6) is 0 Å². The first kappa shape index (κ1) is 13.7. The lowest BCUT2D eigenvalue weighted by Crippen LogP contribution is -2.26. The molecule has 0 unspecified atom stereocenters. The van der Waals surface area contributed by atoms with Crippen LogP contribution in [0.4, 0.5) is 5.69 Å². The summed E-state index contributed by atoms with van der Waals surface area (Å²) in [7, 11) is 0. The minimum Gasteiger partial charge on any atom is -0.339 e. The average Bonchev–Trinajstić information content (AvgIpc) is 2.93. The fourth-order valence-electron chi connectivity index (χ4n) is 1.82. The molecule has 1 fully saturated rings. The minimum atomic E-state index is -0.336. The number of aromatic nitrogens is 1. The van der Waals surface area contributed by atoms with Crippen molar-refractivity contribution in [2.75, 3.05) is 18.4 Å². The van der Waals surface area contributed by atoms with Crippen molar-refractivity contribution >= 4 is 33.4 Å². The standard InChI is InChI=1S/C13H14BrN3O2/c14-11-4-3-10(9-15-11)16-12(18)5-6-13(19)17-7-1-2-8-17/h3-6,9H,1-2,7-8H2,(H,16,18)/b6-5-. The normalized spacial score (nSPS) is 14.9. The van der Waals surface area contributed by atoms with Gasteiger partial charge in [-0.2, -0.15) is 0 Å². The van der Waals surface area contributed by atoms with E-state index < -0.39 is 0 Å². The summed E-state index contributed by atoms with van der Waals surface area (Å²) in [6.45, 7) is 1.56. The van der Waals surface area contributed by atoms with E-state index in [4.69, 9.17) is 0 Å². The van der Waals surface area contributed by atoms with Crippen molar-refractivity contribution in [3.63, 3.8) is 0 Å². The molecule has 0 saturated carbocycles. The summed E-state index contributed by atoms with van der Waals surface area (Å²) in [4.78, 5) is 29.0. The first-order valence-electron chi connectivity index (χ1n) is 6.05. The van der Waals surface area contributed by atoms with Crippen molar-refractivity contribution in [1.82, 2.24) is 9.88 Å². The molecule has 1 aromatic heterocycles. The van der Waals surface area contributed by atoms with Crippen LogP contribution in [-0.4, -0.2) is 34.8 Å². The highest BCUT2D eigenvalue weighted by atomic mass is 79.9. The third-order valence-electron chi connectivity index (χ3n) is 2.79. The molecule has 19 heavy (non-hydrogen) atoms. The summed E-state index contributed by atoms with van der Waals surface area (Å²) in [5.41, 5.74) is 0.589. The van der Waals surface area contributed by atoms with E-state index in [1.165, 1.54) is 18.3 Å². The Morgan fingerprint density at radius 2 is 2.00 bits per heavy atom. The highest BCUT2D eigenvalue weighted by Gasteiger charge is 2.15.